The number of benzene rings is 2. The van der Waals surface area contributed by atoms with Crippen LogP contribution >= 0.6 is 0 Å². The molecule has 0 atom stereocenters. The summed E-state index contributed by atoms with van der Waals surface area (Å²) in [5.41, 5.74) is 3.95. The first-order valence-electron chi connectivity index (χ1n) is 7.48. The Labute approximate surface area is 134 Å². The van der Waals surface area contributed by atoms with E-state index in [1.54, 1.807) is 13.0 Å². The van der Waals surface area contributed by atoms with Crippen molar-refractivity contribution in [3.05, 3.63) is 59.2 Å². The monoisotopic (exact) mass is 310 g/mol. The maximum Gasteiger partial charge on any atom is 0.134 e. The number of rotatable bonds is 5. The summed E-state index contributed by atoms with van der Waals surface area (Å²) in [6.07, 6.45) is 3.36. The van der Waals surface area contributed by atoms with Gasteiger partial charge in [0.2, 0.25) is 0 Å². The van der Waals surface area contributed by atoms with Crippen molar-refractivity contribution in [2.45, 2.75) is 26.4 Å². The Morgan fingerprint density at radius 2 is 2.00 bits per heavy atom. The summed E-state index contributed by atoms with van der Waals surface area (Å²) in [7, 11) is 0. The smallest absolute Gasteiger partial charge is 0.134 e. The Bertz CT molecular complexity index is 790. The third kappa shape index (κ3) is 3.37. The average Bonchev–Trinajstić information content (AvgIpc) is 2.88. The van der Waals surface area contributed by atoms with Gasteiger partial charge in [-0.1, -0.05) is 12.1 Å². The first-order chi connectivity index (χ1) is 11.0. The predicted octanol–water partition coefficient (Wildman–Crippen LogP) is 3.60. The van der Waals surface area contributed by atoms with E-state index < -0.39 is 0 Å². The van der Waals surface area contributed by atoms with Crippen molar-refractivity contribution < 1.29 is 19.7 Å². The molecule has 0 spiro atoms. The van der Waals surface area contributed by atoms with Crippen LogP contribution in [0.3, 0.4) is 0 Å². The van der Waals surface area contributed by atoms with Crippen molar-refractivity contribution in [2.24, 2.45) is 0 Å². The second-order valence-electron chi connectivity index (χ2n) is 5.73. The van der Waals surface area contributed by atoms with Gasteiger partial charge < -0.3 is 14.9 Å². The fourth-order valence-electron chi connectivity index (χ4n) is 2.76. The Morgan fingerprint density at radius 1 is 1.17 bits per heavy atom. The number of ketones is 1. The van der Waals surface area contributed by atoms with E-state index in [-0.39, 0.29) is 23.9 Å². The van der Waals surface area contributed by atoms with E-state index in [0.717, 1.165) is 23.1 Å². The van der Waals surface area contributed by atoms with Crippen LogP contribution in [0.1, 0.15) is 30.0 Å². The average molecular weight is 310 g/mol. The van der Waals surface area contributed by atoms with Crippen molar-refractivity contribution in [2.75, 3.05) is 0 Å². The van der Waals surface area contributed by atoms with Gasteiger partial charge in [-0.15, -0.1) is 0 Å². The number of hydrogen-bond donors (Lipinski definition) is 2. The molecule has 2 aromatic rings. The lowest BCUT2D eigenvalue weighted by molar-refractivity contribution is -0.116. The molecule has 2 N–H and O–H groups in total. The van der Waals surface area contributed by atoms with Gasteiger partial charge in [0.05, 0.1) is 0 Å². The molecule has 23 heavy (non-hydrogen) atoms. The van der Waals surface area contributed by atoms with Crippen molar-refractivity contribution in [1.82, 2.24) is 0 Å². The molecule has 118 valence electrons. The molecule has 0 bridgehead atoms. The van der Waals surface area contributed by atoms with Crippen molar-refractivity contribution in [1.29, 1.82) is 0 Å². The van der Waals surface area contributed by atoms with Gasteiger partial charge in [-0.25, -0.2) is 0 Å². The highest BCUT2D eigenvalue weighted by Gasteiger charge is 2.16. The SMILES string of the molecule is CC(=O)CC1=CCc2cc(OCc3ccc(O)cc3O)ccc21. The normalized spacial score (nSPS) is 12.7. The standard InChI is InChI=1S/C19H18O4/c1-12(20)8-13-2-3-14-9-17(6-7-18(13)14)23-11-15-4-5-16(21)10-19(15)22/h2,4-7,9-10,21-22H,3,8,11H2,1H3. The molecule has 3 rings (SSSR count). The maximum absolute atomic E-state index is 11.3. The van der Waals surface area contributed by atoms with Crippen molar-refractivity contribution in [3.8, 4) is 17.2 Å². The Hall–Kier alpha value is -2.75. The highest BCUT2D eigenvalue weighted by atomic mass is 16.5. The van der Waals surface area contributed by atoms with Gasteiger partial charge in [0.25, 0.3) is 0 Å². The van der Waals surface area contributed by atoms with Crippen molar-refractivity contribution >= 4 is 11.4 Å². The molecule has 1 aliphatic carbocycles. The fourth-order valence-corrected chi connectivity index (χ4v) is 2.76. The largest absolute Gasteiger partial charge is 0.508 e. The molecular formula is C19H18O4. The number of allylic oxidation sites excluding steroid dienone is 2. The van der Waals surface area contributed by atoms with Gasteiger partial charge in [0.15, 0.2) is 0 Å². The first kappa shape index (κ1) is 15.2. The van der Waals surface area contributed by atoms with Gasteiger partial charge in [-0.2, -0.15) is 0 Å². The number of phenolic OH excluding ortho intramolecular Hbond substituents is 2. The predicted molar refractivity (Wildman–Crippen MR) is 87.5 cm³/mol. The second kappa shape index (κ2) is 6.16. The zero-order valence-corrected chi connectivity index (χ0v) is 12.9. The van der Waals surface area contributed by atoms with E-state index in [2.05, 4.69) is 6.08 Å². The van der Waals surface area contributed by atoms with Crippen LogP contribution in [0.25, 0.3) is 5.57 Å². The number of phenols is 2. The summed E-state index contributed by atoms with van der Waals surface area (Å²) in [5, 5.41) is 19.0. The molecule has 4 nitrogen and oxygen atoms in total. The molecule has 0 saturated heterocycles. The van der Waals surface area contributed by atoms with Crippen molar-refractivity contribution in [3.63, 3.8) is 0 Å². The molecule has 4 heteroatoms. The van der Waals surface area contributed by atoms with Gasteiger partial charge in [-0.3, -0.25) is 4.79 Å². The molecule has 0 radical (unpaired) electrons. The van der Waals surface area contributed by atoms with Crippen LogP contribution in [0.15, 0.2) is 42.5 Å². The molecule has 0 aromatic heterocycles. The highest BCUT2D eigenvalue weighted by molar-refractivity contribution is 5.90. The lowest BCUT2D eigenvalue weighted by Crippen LogP contribution is -1.97. The van der Waals surface area contributed by atoms with E-state index >= 15 is 0 Å². The number of fused-ring (bicyclic) bond motifs is 1. The summed E-state index contributed by atoms with van der Waals surface area (Å²) in [6.45, 7) is 1.82. The molecule has 0 amide bonds. The molecule has 0 saturated carbocycles. The third-order valence-electron chi connectivity index (χ3n) is 3.89. The molecule has 0 aliphatic heterocycles. The summed E-state index contributed by atoms with van der Waals surface area (Å²) < 4.78 is 5.72. The third-order valence-corrected chi connectivity index (χ3v) is 3.89. The Morgan fingerprint density at radius 3 is 2.74 bits per heavy atom. The summed E-state index contributed by atoms with van der Waals surface area (Å²) >= 11 is 0. The van der Waals surface area contributed by atoms with Crippen LogP contribution in [-0.2, 0) is 17.8 Å². The number of carbonyl (C=O) groups excluding carboxylic acids is 1. The lowest BCUT2D eigenvalue weighted by atomic mass is 10.0. The minimum Gasteiger partial charge on any atom is -0.508 e. The van der Waals surface area contributed by atoms with E-state index in [1.807, 2.05) is 18.2 Å². The molecule has 2 aromatic carbocycles. The van der Waals surface area contributed by atoms with Gasteiger partial charge in [0, 0.05) is 18.1 Å². The quantitative estimate of drug-likeness (QED) is 0.885. The first-order valence-corrected chi connectivity index (χ1v) is 7.48. The zero-order valence-electron chi connectivity index (χ0n) is 12.9. The summed E-state index contributed by atoms with van der Waals surface area (Å²) in [5.74, 6) is 0.908. The number of ether oxygens (including phenoxy) is 1. The minimum atomic E-state index is 0.0107. The van der Waals surface area contributed by atoms with E-state index in [4.69, 9.17) is 4.74 Å². The van der Waals surface area contributed by atoms with E-state index in [1.165, 1.54) is 12.1 Å². The van der Waals surface area contributed by atoms with Crippen LogP contribution in [0, 0.1) is 0 Å². The molecule has 0 unspecified atom stereocenters. The van der Waals surface area contributed by atoms with Gasteiger partial charge >= 0.3 is 0 Å². The van der Waals surface area contributed by atoms with Crippen LogP contribution in [0.2, 0.25) is 0 Å². The Balaban J connectivity index is 1.70. The van der Waals surface area contributed by atoms with E-state index in [0.29, 0.717) is 17.7 Å². The fraction of sp³-hybridized carbons (Fsp3) is 0.211. The van der Waals surface area contributed by atoms with Gasteiger partial charge in [-0.05, 0) is 54.3 Å². The number of Topliss-reactive ketones (excluding diaryl/α,β-unsaturated/α-hetero) is 1. The van der Waals surface area contributed by atoms with Gasteiger partial charge in [0.1, 0.15) is 29.6 Å². The number of aromatic hydroxyl groups is 2. The number of carbonyl (C=O) groups is 1. The highest BCUT2D eigenvalue weighted by Crippen LogP contribution is 2.33. The molecule has 0 heterocycles. The summed E-state index contributed by atoms with van der Waals surface area (Å²) in [4.78, 5) is 11.3. The van der Waals surface area contributed by atoms with Crippen LogP contribution in [0.4, 0.5) is 0 Å². The topological polar surface area (TPSA) is 66.8 Å². The lowest BCUT2D eigenvalue weighted by Gasteiger charge is -2.10. The van der Waals surface area contributed by atoms with Crippen LogP contribution in [-0.4, -0.2) is 16.0 Å². The maximum atomic E-state index is 11.3. The minimum absolute atomic E-state index is 0.0107. The van der Waals surface area contributed by atoms with Crippen LogP contribution < -0.4 is 4.74 Å². The van der Waals surface area contributed by atoms with E-state index in [9.17, 15) is 15.0 Å². The molecule has 0 fully saturated rings. The second-order valence-corrected chi connectivity index (χ2v) is 5.73. The summed E-state index contributed by atoms with van der Waals surface area (Å²) in [6, 6.07) is 10.2. The number of hydrogen-bond acceptors (Lipinski definition) is 4. The van der Waals surface area contributed by atoms with Crippen LogP contribution in [0.5, 0.6) is 17.2 Å². The molecular weight excluding hydrogens is 292 g/mol. The zero-order chi connectivity index (χ0) is 16.4. The Kier molecular flexibility index (Phi) is 4.06. The molecule has 1 aliphatic rings.